The number of piperazine rings is 1. The number of nitrogens with one attached hydrogen (secondary N) is 2. The van der Waals surface area contributed by atoms with Crippen molar-refractivity contribution in [2.45, 2.75) is 33.2 Å². The van der Waals surface area contributed by atoms with E-state index in [2.05, 4.69) is 15.5 Å². The van der Waals surface area contributed by atoms with Gasteiger partial charge in [-0.3, -0.25) is 9.80 Å². The summed E-state index contributed by atoms with van der Waals surface area (Å²) >= 11 is 0. The zero-order valence-electron chi connectivity index (χ0n) is 19.8. The molecule has 9 nitrogen and oxygen atoms in total. The Kier molecular flexibility index (Phi) is 8.71. The SMILES string of the molecule is CCCNC(=O)N1CCN(CC2=C(C(=O)OCC)C(c3ccccc3)NC(=O)N2CC)CC1. The molecule has 0 aromatic heterocycles. The van der Waals surface area contributed by atoms with Gasteiger partial charge in [-0.15, -0.1) is 0 Å². The van der Waals surface area contributed by atoms with Crippen LogP contribution in [0.4, 0.5) is 9.59 Å². The van der Waals surface area contributed by atoms with Gasteiger partial charge in [0.2, 0.25) is 0 Å². The Bertz CT molecular complexity index is 865. The van der Waals surface area contributed by atoms with Crippen LogP contribution in [-0.2, 0) is 9.53 Å². The van der Waals surface area contributed by atoms with Gasteiger partial charge in [0.05, 0.1) is 18.2 Å². The Morgan fingerprint density at radius 2 is 1.79 bits per heavy atom. The maximum Gasteiger partial charge on any atom is 0.338 e. The zero-order chi connectivity index (χ0) is 23.8. The number of carbonyl (C=O) groups excluding carboxylic acids is 3. The van der Waals surface area contributed by atoms with Crippen LogP contribution < -0.4 is 10.6 Å². The van der Waals surface area contributed by atoms with Crippen molar-refractivity contribution in [1.82, 2.24) is 25.3 Å². The highest BCUT2D eigenvalue weighted by Gasteiger charge is 2.38. The summed E-state index contributed by atoms with van der Waals surface area (Å²) in [7, 11) is 0. The Hall–Kier alpha value is -3.07. The van der Waals surface area contributed by atoms with E-state index in [0.29, 0.717) is 57.1 Å². The van der Waals surface area contributed by atoms with Crippen LogP contribution in [0, 0.1) is 0 Å². The summed E-state index contributed by atoms with van der Waals surface area (Å²) in [5.41, 5.74) is 1.96. The lowest BCUT2D eigenvalue weighted by Gasteiger charge is -2.40. The highest BCUT2D eigenvalue weighted by Crippen LogP contribution is 2.32. The molecule has 2 aliphatic rings. The molecule has 180 valence electrons. The van der Waals surface area contributed by atoms with E-state index in [1.54, 1.807) is 11.8 Å². The predicted octanol–water partition coefficient (Wildman–Crippen LogP) is 2.33. The average molecular weight is 458 g/mol. The summed E-state index contributed by atoms with van der Waals surface area (Å²) in [5, 5.41) is 5.90. The molecule has 0 aliphatic carbocycles. The van der Waals surface area contributed by atoms with Crippen LogP contribution in [0.15, 0.2) is 41.6 Å². The monoisotopic (exact) mass is 457 g/mol. The van der Waals surface area contributed by atoms with Gasteiger partial charge in [-0.25, -0.2) is 14.4 Å². The van der Waals surface area contributed by atoms with E-state index in [1.807, 2.05) is 49.1 Å². The molecule has 1 aromatic carbocycles. The summed E-state index contributed by atoms with van der Waals surface area (Å²) in [6, 6.07) is 8.63. The molecule has 0 radical (unpaired) electrons. The molecule has 2 heterocycles. The number of amides is 4. The lowest BCUT2D eigenvalue weighted by Crippen LogP contribution is -2.55. The van der Waals surface area contributed by atoms with Crippen molar-refractivity contribution in [3.63, 3.8) is 0 Å². The van der Waals surface area contributed by atoms with Gasteiger partial charge in [0, 0.05) is 51.5 Å². The van der Waals surface area contributed by atoms with Gasteiger partial charge in [0.1, 0.15) is 0 Å². The van der Waals surface area contributed by atoms with Gasteiger partial charge in [0.15, 0.2) is 0 Å². The molecular formula is C24H35N5O4. The van der Waals surface area contributed by atoms with Crippen LogP contribution in [-0.4, -0.2) is 85.2 Å². The first-order chi connectivity index (χ1) is 16.0. The number of hydrogen-bond acceptors (Lipinski definition) is 5. The Morgan fingerprint density at radius 1 is 1.09 bits per heavy atom. The molecule has 0 bridgehead atoms. The zero-order valence-corrected chi connectivity index (χ0v) is 19.8. The molecule has 1 aromatic rings. The topological polar surface area (TPSA) is 94.2 Å². The number of benzene rings is 1. The van der Waals surface area contributed by atoms with Crippen LogP contribution in [0.2, 0.25) is 0 Å². The van der Waals surface area contributed by atoms with Crippen molar-refractivity contribution in [3.8, 4) is 0 Å². The second-order valence-corrected chi connectivity index (χ2v) is 8.11. The van der Waals surface area contributed by atoms with Crippen LogP contribution in [0.5, 0.6) is 0 Å². The van der Waals surface area contributed by atoms with Crippen molar-refractivity contribution in [1.29, 1.82) is 0 Å². The number of esters is 1. The second kappa shape index (κ2) is 11.7. The number of carbonyl (C=O) groups is 3. The lowest BCUT2D eigenvalue weighted by atomic mass is 9.94. The third-order valence-electron chi connectivity index (χ3n) is 5.94. The van der Waals surface area contributed by atoms with E-state index in [-0.39, 0.29) is 18.7 Å². The number of ether oxygens (including phenoxy) is 1. The molecule has 1 atom stereocenters. The molecule has 0 saturated carbocycles. The van der Waals surface area contributed by atoms with E-state index >= 15 is 0 Å². The highest BCUT2D eigenvalue weighted by molar-refractivity contribution is 5.95. The Labute approximate surface area is 195 Å². The first-order valence-corrected chi connectivity index (χ1v) is 11.8. The predicted molar refractivity (Wildman–Crippen MR) is 125 cm³/mol. The van der Waals surface area contributed by atoms with Gasteiger partial charge in [-0.05, 0) is 25.8 Å². The molecular weight excluding hydrogens is 422 g/mol. The minimum absolute atomic E-state index is 0.0423. The fraction of sp³-hybridized carbons (Fsp3) is 0.542. The fourth-order valence-corrected chi connectivity index (χ4v) is 4.22. The third kappa shape index (κ3) is 5.84. The molecule has 1 fully saturated rings. The summed E-state index contributed by atoms with van der Waals surface area (Å²) in [5.74, 6) is -0.419. The Morgan fingerprint density at radius 3 is 2.39 bits per heavy atom. The Balaban J connectivity index is 1.86. The van der Waals surface area contributed by atoms with Crippen LogP contribution in [0.1, 0.15) is 38.8 Å². The van der Waals surface area contributed by atoms with Crippen molar-refractivity contribution < 1.29 is 19.1 Å². The highest BCUT2D eigenvalue weighted by atomic mass is 16.5. The molecule has 2 N–H and O–H groups in total. The average Bonchev–Trinajstić information content (AvgIpc) is 2.83. The van der Waals surface area contributed by atoms with E-state index in [1.165, 1.54) is 0 Å². The van der Waals surface area contributed by atoms with Crippen molar-refractivity contribution in [2.75, 3.05) is 52.4 Å². The number of hydrogen-bond donors (Lipinski definition) is 2. The van der Waals surface area contributed by atoms with Gasteiger partial charge in [0.25, 0.3) is 0 Å². The van der Waals surface area contributed by atoms with Crippen molar-refractivity contribution in [3.05, 3.63) is 47.2 Å². The molecule has 4 amide bonds. The van der Waals surface area contributed by atoms with Gasteiger partial charge in [-0.1, -0.05) is 37.3 Å². The molecule has 3 rings (SSSR count). The first-order valence-electron chi connectivity index (χ1n) is 11.8. The minimum Gasteiger partial charge on any atom is -0.463 e. The second-order valence-electron chi connectivity index (χ2n) is 8.11. The maximum atomic E-state index is 13.1. The lowest BCUT2D eigenvalue weighted by molar-refractivity contribution is -0.139. The van der Waals surface area contributed by atoms with Crippen LogP contribution >= 0.6 is 0 Å². The van der Waals surface area contributed by atoms with E-state index in [9.17, 15) is 14.4 Å². The van der Waals surface area contributed by atoms with E-state index in [0.717, 1.165) is 12.0 Å². The minimum atomic E-state index is -0.573. The van der Waals surface area contributed by atoms with Crippen molar-refractivity contribution >= 4 is 18.0 Å². The van der Waals surface area contributed by atoms with Gasteiger partial charge >= 0.3 is 18.0 Å². The van der Waals surface area contributed by atoms with Crippen LogP contribution in [0.25, 0.3) is 0 Å². The van der Waals surface area contributed by atoms with E-state index < -0.39 is 12.0 Å². The van der Waals surface area contributed by atoms with E-state index in [4.69, 9.17) is 4.74 Å². The standard InChI is InChI=1S/C24H35N5O4/c1-4-12-25-23(31)28-15-13-27(14-16-28)17-19-20(22(30)33-6-3)21(18-10-8-7-9-11-18)26-24(32)29(19)5-2/h7-11,21H,4-6,12-17H2,1-3H3,(H,25,31)(H,26,32). The number of nitrogens with zero attached hydrogens (tertiary/aromatic N) is 3. The summed E-state index contributed by atoms with van der Waals surface area (Å²) in [6.45, 7) is 9.99. The first kappa shape index (κ1) is 24.6. The summed E-state index contributed by atoms with van der Waals surface area (Å²) in [4.78, 5) is 44.0. The summed E-state index contributed by atoms with van der Waals surface area (Å²) in [6.07, 6.45) is 0.897. The normalized spacial score (nSPS) is 19.4. The molecule has 1 unspecified atom stereocenters. The molecule has 2 aliphatic heterocycles. The number of urea groups is 2. The third-order valence-corrected chi connectivity index (χ3v) is 5.94. The summed E-state index contributed by atoms with van der Waals surface area (Å²) < 4.78 is 5.41. The number of rotatable bonds is 8. The maximum absolute atomic E-state index is 13.1. The van der Waals surface area contributed by atoms with Gasteiger partial charge in [-0.2, -0.15) is 0 Å². The molecule has 33 heavy (non-hydrogen) atoms. The van der Waals surface area contributed by atoms with Crippen LogP contribution in [0.3, 0.4) is 0 Å². The fourth-order valence-electron chi connectivity index (χ4n) is 4.22. The molecule has 1 saturated heterocycles. The smallest absolute Gasteiger partial charge is 0.338 e. The van der Waals surface area contributed by atoms with Gasteiger partial charge < -0.3 is 20.3 Å². The number of likely N-dealkylation sites (N-methyl/N-ethyl adjacent to an activating group) is 1. The quantitative estimate of drug-likeness (QED) is 0.585. The largest absolute Gasteiger partial charge is 0.463 e. The molecule has 9 heteroatoms. The molecule has 0 spiro atoms. The van der Waals surface area contributed by atoms with Crippen molar-refractivity contribution in [2.24, 2.45) is 0 Å².